The Balaban J connectivity index is 4.53. The molecule has 0 aromatic rings. The number of carbonyl (C=O) groups is 25. The Morgan fingerprint density at radius 3 is 1.07 bits per heavy atom. The summed E-state index contributed by atoms with van der Waals surface area (Å²) in [5, 5.41) is 105. The normalized spacial score (nSPS) is 21.3. The topological polar surface area (TPSA) is 753 Å². The van der Waals surface area contributed by atoms with Crippen molar-refractivity contribution in [2.45, 2.75) is 329 Å². The number of likely N-dealkylation sites (N-methyl/N-ethyl adjacent to an activating group) is 7. The minimum absolute atomic E-state index is 0.00962. The van der Waals surface area contributed by atoms with E-state index in [4.69, 9.17) is 9.84 Å². The number of allylic oxidation sites excluding steroid dienone is 2. The largest absolute Gasteiger partial charge is 0.481 e. The van der Waals surface area contributed by atoms with Gasteiger partial charge in [0.05, 0.1) is 19.3 Å². The standard InChI is InChI=1S/C96H158N18O34/c1-24-26-27-54(15)80(131)79-90(141)100-56(25-2)91(142)108(17)45-69(116)109(18)64(40-48(3)4)89(140)107-77(52(11)12)95(146)110(19)65(41-49(5)6)88(139)98-55(16)81(132)106-63(92(143)111(20)66(42-50(7)8)93(144)112(21)67(43-51(9)10)94(145)113(22)78(53(13)14)96(147)114(79)23)46-148-47-68(115)99-58(29-35-71(119)120)83(134)102-60(31-37-73(123)124)85(136)104-62(33-39-75(127)128)87(138)105-61(32-38-74(125)126)86(137)103-59(30-36-72(121)122)84(135)101-57(28-34-70(117)118)82(133)97-44-76(129)130/h24,26,48-67,77-80,131H,25,27-47H2,1-23H3,(H,97,133)(H,98,139)(H,99,115)(H,100,141)(H,101,135)(H,102,134)(H,103,137)(H,104,136)(H,105,138)(H,106,132)(H,107,140)(H,117,118)(H,119,120)(H,121,122)(H,123,124)(H,125,126)(H,127,128)(H,129,130)/b26-24+/t54-,55+,56+,57-,58-,59-,60-,61-,62-,63-,64+,65+,66+,67+,77+,78+,79+,80-/m1/s1. The SMILES string of the molecule is C/C=C/C[C@@H](C)[C@@H](O)[C@H]1C(=O)N[C@@H](CC)C(=O)N(C)CC(=O)N(C)[C@@H](CC(C)C)C(=O)N[C@@H](C(C)C)C(=O)N(C)[C@@H](CC(C)C)C(=O)N[C@@H](C)C(=O)N[C@H](COCC(=O)N[C@H](CCC(=O)O)C(=O)N[C@H](CCC(=O)O)C(=O)N[C@H](CCC(=O)O)C(=O)N[C@H](CCC(=O)O)C(=O)N[C@H](CCC(=O)O)C(=O)N[C@H](CCC(=O)O)C(=O)NCC(=O)O)C(=O)N(C)[C@@H](CC(C)C)C(=O)N(C)[C@@H](CC(C)C)C(=O)N(C)[C@@H](C(C)C)C(=O)N1C. The summed E-state index contributed by atoms with van der Waals surface area (Å²) in [4.78, 5) is 355. The summed E-state index contributed by atoms with van der Waals surface area (Å²) in [6.07, 6.45) is -9.43. The van der Waals surface area contributed by atoms with E-state index in [2.05, 4.69) is 53.2 Å². The fourth-order valence-electron chi connectivity index (χ4n) is 16.1. The maximum absolute atomic E-state index is 15.7. The Bertz CT molecular complexity index is 4660. The predicted molar refractivity (Wildman–Crippen MR) is 527 cm³/mol. The highest BCUT2D eigenvalue weighted by Gasteiger charge is 2.48. The van der Waals surface area contributed by atoms with Gasteiger partial charge in [-0.3, -0.25) is 120 Å². The van der Waals surface area contributed by atoms with E-state index in [0.29, 0.717) is 0 Å². The average Bonchev–Trinajstić information content (AvgIpc) is 0.820. The molecule has 0 aliphatic carbocycles. The summed E-state index contributed by atoms with van der Waals surface area (Å²) in [5.41, 5.74) is 0. The third kappa shape index (κ3) is 45.0. The van der Waals surface area contributed by atoms with E-state index in [1.807, 2.05) is 5.32 Å². The minimum atomic E-state index is -2.17. The molecule has 0 radical (unpaired) electrons. The molecule has 0 bridgehead atoms. The molecule has 1 heterocycles. The van der Waals surface area contributed by atoms with Crippen molar-refractivity contribution in [1.82, 2.24) is 92.8 Å². The molecule has 52 nitrogen and oxygen atoms in total. The van der Waals surface area contributed by atoms with Crippen LogP contribution in [0.25, 0.3) is 0 Å². The van der Waals surface area contributed by atoms with Gasteiger partial charge in [0.15, 0.2) is 0 Å². The van der Waals surface area contributed by atoms with E-state index >= 15 is 28.8 Å². The van der Waals surface area contributed by atoms with Crippen molar-refractivity contribution in [1.29, 1.82) is 0 Å². The van der Waals surface area contributed by atoms with Gasteiger partial charge in [-0.15, -0.1) is 0 Å². The molecule has 0 saturated carbocycles. The Labute approximate surface area is 861 Å². The van der Waals surface area contributed by atoms with Crippen LogP contribution in [0, 0.1) is 41.4 Å². The van der Waals surface area contributed by atoms with E-state index in [0.717, 1.165) is 41.3 Å². The van der Waals surface area contributed by atoms with Gasteiger partial charge >= 0.3 is 41.8 Å². The van der Waals surface area contributed by atoms with E-state index in [1.54, 1.807) is 116 Å². The number of carboxylic acid groups (broad SMARTS) is 7. The Morgan fingerprint density at radius 2 is 0.716 bits per heavy atom. The fraction of sp³-hybridized carbons (Fsp3) is 0.719. The molecule has 1 aliphatic heterocycles. The monoisotopic (exact) mass is 2110 g/mol. The van der Waals surface area contributed by atoms with Gasteiger partial charge in [-0.1, -0.05) is 109 Å². The van der Waals surface area contributed by atoms with Crippen molar-refractivity contribution in [3.05, 3.63) is 12.2 Å². The molecule has 0 aromatic carbocycles. The predicted octanol–water partition coefficient (Wildman–Crippen LogP) is -2.44. The Hall–Kier alpha value is -13.6. The van der Waals surface area contributed by atoms with E-state index in [9.17, 15) is 127 Å². The maximum atomic E-state index is 15.7. The summed E-state index contributed by atoms with van der Waals surface area (Å²) in [5.74, 6) is -35.1. The number of amides is 18. The van der Waals surface area contributed by atoms with Crippen LogP contribution in [-0.4, -0.2) is 402 Å². The number of aliphatic hydroxyl groups excluding tert-OH is 1. The number of aliphatic carboxylic acids is 7. The summed E-state index contributed by atoms with van der Waals surface area (Å²) in [6.45, 7) is 22.3. The van der Waals surface area contributed by atoms with Gasteiger partial charge in [0, 0.05) is 87.9 Å². The number of ether oxygens (including phenoxy) is 1. The van der Waals surface area contributed by atoms with Crippen LogP contribution in [0.4, 0.5) is 0 Å². The first-order valence-corrected chi connectivity index (χ1v) is 49.2. The lowest BCUT2D eigenvalue weighted by Crippen LogP contribution is -2.63. The molecule has 18 amide bonds. The number of hydrogen-bond donors (Lipinski definition) is 19. The fourth-order valence-corrected chi connectivity index (χ4v) is 16.1. The molecular formula is C96H158N18O34. The zero-order valence-corrected chi connectivity index (χ0v) is 88.9. The average molecular weight is 2110 g/mol. The first-order valence-electron chi connectivity index (χ1n) is 49.2. The van der Waals surface area contributed by atoms with Crippen molar-refractivity contribution in [2.24, 2.45) is 41.4 Å². The molecule has 0 spiro atoms. The first kappa shape index (κ1) is 132. The third-order valence-corrected chi connectivity index (χ3v) is 24.6. The van der Waals surface area contributed by atoms with Crippen molar-refractivity contribution in [2.75, 3.05) is 75.6 Å². The van der Waals surface area contributed by atoms with Crippen LogP contribution < -0.4 is 58.5 Å². The van der Waals surface area contributed by atoms with Gasteiger partial charge in [-0.2, -0.15) is 0 Å². The molecule has 148 heavy (non-hydrogen) atoms. The van der Waals surface area contributed by atoms with Crippen molar-refractivity contribution in [3.8, 4) is 0 Å². The molecule has 1 fully saturated rings. The highest BCUT2D eigenvalue weighted by atomic mass is 16.5. The lowest BCUT2D eigenvalue weighted by atomic mass is 9.91. The molecule has 0 aromatic heterocycles. The summed E-state index contributed by atoms with van der Waals surface area (Å²) in [6, 6.07) is -28.1. The number of nitrogens with one attached hydrogen (secondary N) is 11. The number of rotatable bonds is 51. The minimum Gasteiger partial charge on any atom is -0.481 e. The Kier molecular flexibility index (Phi) is 57.7. The van der Waals surface area contributed by atoms with Crippen LogP contribution in [0.2, 0.25) is 0 Å². The van der Waals surface area contributed by atoms with Crippen LogP contribution in [0.15, 0.2) is 12.2 Å². The second-order valence-corrected chi connectivity index (χ2v) is 39.6. The highest BCUT2D eigenvalue weighted by molar-refractivity contribution is 6.02. The van der Waals surface area contributed by atoms with Gasteiger partial charge < -0.3 is 138 Å². The second-order valence-electron chi connectivity index (χ2n) is 39.6. The van der Waals surface area contributed by atoms with E-state index < -0.39 is 384 Å². The first-order chi connectivity index (χ1) is 68.7. The molecule has 1 rings (SSSR count). The van der Waals surface area contributed by atoms with Crippen LogP contribution in [0.1, 0.15) is 226 Å². The van der Waals surface area contributed by atoms with E-state index in [1.165, 1.54) is 49.2 Å². The van der Waals surface area contributed by atoms with Gasteiger partial charge in [-0.05, 0) is 132 Å². The molecule has 19 N–H and O–H groups in total. The molecule has 18 atom stereocenters. The molecule has 0 unspecified atom stereocenters. The maximum Gasteiger partial charge on any atom is 0.322 e. The van der Waals surface area contributed by atoms with Crippen LogP contribution >= 0.6 is 0 Å². The van der Waals surface area contributed by atoms with Crippen LogP contribution in [-0.2, 0) is 125 Å². The quantitative estimate of drug-likeness (QED) is 0.0281. The number of hydrogen-bond acceptors (Lipinski definition) is 27. The van der Waals surface area contributed by atoms with Crippen LogP contribution in [0.3, 0.4) is 0 Å². The van der Waals surface area contributed by atoms with Gasteiger partial charge in [0.1, 0.15) is 110 Å². The van der Waals surface area contributed by atoms with Crippen molar-refractivity contribution >= 4 is 148 Å². The second kappa shape index (κ2) is 64.5. The summed E-state index contributed by atoms with van der Waals surface area (Å²) in [7, 11) is 8.86. The highest BCUT2D eigenvalue weighted by Crippen LogP contribution is 2.27. The smallest absolute Gasteiger partial charge is 0.322 e. The van der Waals surface area contributed by atoms with Crippen molar-refractivity contribution < 1.29 is 165 Å². The lowest BCUT2D eigenvalue weighted by molar-refractivity contribution is -0.157. The molecule has 52 heteroatoms. The van der Waals surface area contributed by atoms with Crippen LogP contribution in [0.5, 0.6) is 0 Å². The Morgan fingerprint density at radius 1 is 0.378 bits per heavy atom. The number of carboxylic acids is 7. The summed E-state index contributed by atoms with van der Waals surface area (Å²) >= 11 is 0. The number of aliphatic hydroxyl groups is 1. The lowest BCUT2D eigenvalue weighted by Gasteiger charge is -2.41. The van der Waals surface area contributed by atoms with Gasteiger partial charge in [0.25, 0.3) is 0 Å². The number of nitrogens with zero attached hydrogens (tertiary/aromatic N) is 7. The zero-order chi connectivity index (χ0) is 114. The van der Waals surface area contributed by atoms with Gasteiger partial charge in [-0.25, -0.2) is 0 Å². The number of carbonyl (C=O) groups excluding carboxylic acids is 18. The molecular weight excluding hydrogens is 1950 g/mol. The summed E-state index contributed by atoms with van der Waals surface area (Å²) < 4.78 is 5.83. The van der Waals surface area contributed by atoms with E-state index in [-0.39, 0.29) is 50.4 Å². The van der Waals surface area contributed by atoms with Gasteiger partial charge in [0.2, 0.25) is 106 Å². The molecule has 1 saturated heterocycles. The molecule has 836 valence electrons. The molecule has 1 aliphatic rings. The third-order valence-electron chi connectivity index (χ3n) is 24.6. The zero-order valence-electron chi connectivity index (χ0n) is 88.9. The van der Waals surface area contributed by atoms with Crippen molar-refractivity contribution in [3.63, 3.8) is 0 Å².